The normalized spacial score (nSPS) is 11.6. The number of alkyl halides is 3. The summed E-state index contributed by atoms with van der Waals surface area (Å²) < 4.78 is 35.6. The van der Waals surface area contributed by atoms with Crippen molar-refractivity contribution in [3.8, 4) is 0 Å². The van der Waals surface area contributed by atoms with Crippen LogP contribution in [0.15, 0.2) is 0 Å². The lowest BCUT2D eigenvalue weighted by atomic mass is 10.2. The second-order valence-electron chi connectivity index (χ2n) is 3.30. The van der Waals surface area contributed by atoms with E-state index in [0.717, 1.165) is 0 Å². The molecular weight excluding hydrogens is 215 g/mol. The van der Waals surface area contributed by atoms with Gasteiger partial charge in [0, 0.05) is 6.04 Å². The van der Waals surface area contributed by atoms with Gasteiger partial charge in [-0.3, -0.25) is 9.59 Å². The monoisotopic (exact) mass is 227 g/mol. The molecule has 1 amide bonds. The Morgan fingerprint density at radius 3 is 2.07 bits per heavy atom. The van der Waals surface area contributed by atoms with Crippen molar-refractivity contribution in [2.75, 3.05) is 6.54 Å². The zero-order valence-electron chi connectivity index (χ0n) is 8.34. The second-order valence-corrected chi connectivity index (χ2v) is 3.30. The lowest BCUT2D eigenvalue weighted by Crippen LogP contribution is -2.42. The van der Waals surface area contributed by atoms with E-state index in [9.17, 15) is 22.8 Å². The molecule has 0 radical (unpaired) electrons. The first-order valence-corrected chi connectivity index (χ1v) is 4.21. The van der Waals surface area contributed by atoms with Crippen LogP contribution in [0.3, 0.4) is 0 Å². The third-order valence-corrected chi connectivity index (χ3v) is 1.60. The fraction of sp³-hybridized carbons (Fsp3) is 0.750. The first-order valence-electron chi connectivity index (χ1n) is 4.21. The Hall–Kier alpha value is -1.27. The Bertz CT molecular complexity index is 250. The van der Waals surface area contributed by atoms with Crippen LogP contribution in [0.4, 0.5) is 13.2 Å². The minimum atomic E-state index is -4.61. The Labute approximate surface area is 84.7 Å². The molecule has 0 rings (SSSR count). The van der Waals surface area contributed by atoms with Gasteiger partial charge in [-0.05, 0) is 13.8 Å². The predicted octanol–water partition coefficient (Wildman–Crippen LogP) is 1.26. The smallest absolute Gasteiger partial charge is 0.397 e. The van der Waals surface area contributed by atoms with E-state index in [0.29, 0.717) is 4.90 Å². The fourth-order valence-electron chi connectivity index (χ4n) is 0.977. The van der Waals surface area contributed by atoms with Crippen LogP contribution in [0.5, 0.6) is 0 Å². The molecule has 0 aromatic carbocycles. The lowest BCUT2D eigenvalue weighted by Gasteiger charge is -2.25. The van der Waals surface area contributed by atoms with Crippen molar-refractivity contribution in [2.45, 2.75) is 32.5 Å². The topological polar surface area (TPSA) is 57.6 Å². The highest BCUT2D eigenvalue weighted by Crippen LogP contribution is 2.21. The van der Waals surface area contributed by atoms with Gasteiger partial charge < -0.3 is 10.0 Å². The molecule has 7 heteroatoms. The van der Waals surface area contributed by atoms with E-state index in [1.165, 1.54) is 13.8 Å². The lowest BCUT2D eigenvalue weighted by molar-refractivity contribution is -0.165. The molecule has 1 N–H and O–H groups in total. The zero-order chi connectivity index (χ0) is 12.2. The summed E-state index contributed by atoms with van der Waals surface area (Å²) in [4.78, 5) is 22.1. The number of aliphatic carboxylic acids is 1. The van der Waals surface area contributed by atoms with Crippen molar-refractivity contribution in [3.05, 3.63) is 0 Å². The molecular formula is C8H12F3NO3. The first kappa shape index (κ1) is 13.7. The van der Waals surface area contributed by atoms with Crippen LogP contribution >= 0.6 is 0 Å². The highest BCUT2D eigenvalue weighted by molar-refractivity contribution is 5.82. The van der Waals surface area contributed by atoms with E-state index < -0.39 is 37.1 Å². The van der Waals surface area contributed by atoms with E-state index in [-0.39, 0.29) is 0 Å². The number of hydrogen-bond donors (Lipinski definition) is 1. The van der Waals surface area contributed by atoms with Crippen molar-refractivity contribution < 1.29 is 27.9 Å². The summed E-state index contributed by atoms with van der Waals surface area (Å²) in [5, 5.41) is 8.40. The van der Waals surface area contributed by atoms with Gasteiger partial charge in [0.05, 0.1) is 0 Å². The van der Waals surface area contributed by atoms with Crippen LogP contribution in [-0.4, -0.2) is 40.6 Å². The van der Waals surface area contributed by atoms with Crippen molar-refractivity contribution >= 4 is 11.9 Å². The average molecular weight is 227 g/mol. The van der Waals surface area contributed by atoms with Crippen LogP contribution in [0.1, 0.15) is 20.3 Å². The number of carbonyl (C=O) groups is 2. The van der Waals surface area contributed by atoms with Crippen molar-refractivity contribution in [1.29, 1.82) is 0 Å². The molecule has 0 aliphatic rings. The number of carboxylic acid groups (broad SMARTS) is 1. The van der Waals surface area contributed by atoms with Gasteiger partial charge in [0.2, 0.25) is 5.91 Å². The quantitative estimate of drug-likeness (QED) is 0.786. The summed E-state index contributed by atoms with van der Waals surface area (Å²) in [7, 11) is 0. The van der Waals surface area contributed by atoms with Crippen LogP contribution < -0.4 is 0 Å². The number of carboxylic acids is 1. The van der Waals surface area contributed by atoms with Gasteiger partial charge >= 0.3 is 12.1 Å². The van der Waals surface area contributed by atoms with Crippen molar-refractivity contribution in [1.82, 2.24) is 4.90 Å². The summed E-state index contributed by atoms with van der Waals surface area (Å²) in [6.07, 6.45) is -6.23. The van der Waals surface area contributed by atoms with Crippen molar-refractivity contribution in [2.24, 2.45) is 0 Å². The van der Waals surface area contributed by atoms with Gasteiger partial charge in [-0.15, -0.1) is 0 Å². The van der Waals surface area contributed by atoms with Crippen LogP contribution in [0, 0.1) is 0 Å². The number of carbonyl (C=O) groups excluding carboxylic acids is 1. The molecule has 0 aromatic heterocycles. The molecule has 15 heavy (non-hydrogen) atoms. The standard InChI is InChI=1S/C8H12F3NO3/c1-5(2)12(4-7(14)15)6(13)3-8(9,10)11/h5H,3-4H2,1-2H3,(H,14,15). The van der Waals surface area contributed by atoms with Gasteiger partial charge in [-0.25, -0.2) is 0 Å². The Morgan fingerprint density at radius 2 is 1.80 bits per heavy atom. The highest BCUT2D eigenvalue weighted by atomic mass is 19.4. The van der Waals surface area contributed by atoms with E-state index in [1.54, 1.807) is 0 Å². The highest BCUT2D eigenvalue weighted by Gasteiger charge is 2.34. The Morgan fingerprint density at radius 1 is 1.33 bits per heavy atom. The third kappa shape index (κ3) is 5.92. The van der Waals surface area contributed by atoms with Crippen LogP contribution in [0.2, 0.25) is 0 Å². The van der Waals surface area contributed by atoms with E-state index in [2.05, 4.69) is 0 Å². The molecule has 0 saturated heterocycles. The largest absolute Gasteiger partial charge is 0.480 e. The molecule has 0 unspecified atom stereocenters. The molecule has 0 fully saturated rings. The minimum absolute atomic E-state index is 0.573. The second kappa shape index (κ2) is 4.99. The van der Waals surface area contributed by atoms with Crippen LogP contribution in [0.25, 0.3) is 0 Å². The maximum absolute atomic E-state index is 11.9. The molecule has 0 spiro atoms. The number of halogens is 3. The van der Waals surface area contributed by atoms with Gasteiger partial charge in [0.15, 0.2) is 0 Å². The molecule has 0 saturated carbocycles. The summed E-state index contributed by atoms with van der Waals surface area (Å²) in [5.41, 5.74) is 0. The maximum atomic E-state index is 11.9. The number of amides is 1. The van der Waals surface area contributed by atoms with Gasteiger partial charge in [0.1, 0.15) is 13.0 Å². The van der Waals surface area contributed by atoms with E-state index in [1.807, 2.05) is 0 Å². The number of hydrogen-bond acceptors (Lipinski definition) is 2. The van der Waals surface area contributed by atoms with Crippen molar-refractivity contribution in [3.63, 3.8) is 0 Å². The minimum Gasteiger partial charge on any atom is -0.480 e. The van der Waals surface area contributed by atoms with Gasteiger partial charge in [0.25, 0.3) is 0 Å². The summed E-state index contributed by atoms with van der Waals surface area (Å²) in [6.45, 7) is 2.20. The number of rotatable bonds is 4. The molecule has 4 nitrogen and oxygen atoms in total. The summed E-state index contributed by atoms with van der Waals surface area (Å²) in [5.74, 6) is -2.56. The van der Waals surface area contributed by atoms with Gasteiger partial charge in [-0.1, -0.05) is 0 Å². The van der Waals surface area contributed by atoms with Gasteiger partial charge in [-0.2, -0.15) is 13.2 Å². The summed E-state index contributed by atoms with van der Waals surface area (Å²) in [6, 6.07) is -0.573. The average Bonchev–Trinajstić information content (AvgIpc) is 1.95. The van der Waals surface area contributed by atoms with Crippen LogP contribution in [-0.2, 0) is 9.59 Å². The molecule has 0 atom stereocenters. The number of nitrogens with zero attached hydrogens (tertiary/aromatic N) is 1. The Kier molecular flexibility index (Phi) is 4.57. The first-order chi connectivity index (χ1) is 6.63. The fourth-order valence-corrected chi connectivity index (χ4v) is 0.977. The third-order valence-electron chi connectivity index (χ3n) is 1.60. The molecule has 0 aliphatic carbocycles. The molecule has 0 aromatic rings. The van der Waals surface area contributed by atoms with E-state index in [4.69, 9.17) is 5.11 Å². The SMILES string of the molecule is CC(C)N(CC(=O)O)C(=O)CC(F)(F)F. The Balaban J connectivity index is 4.50. The van der Waals surface area contributed by atoms with E-state index >= 15 is 0 Å². The molecule has 0 heterocycles. The summed E-state index contributed by atoms with van der Waals surface area (Å²) >= 11 is 0. The predicted molar refractivity (Wildman–Crippen MR) is 45.2 cm³/mol. The molecule has 0 bridgehead atoms. The molecule has 0 aliphatic heterocycles. The maximum Gasteiger partial charge on any atom is 0.397 e. The zero-order valence-corrected chi connectivity index (χ0v) is 8.34. The molecule has 88 valence electrons.